The van der Waals surface area contributed by atoms with E-state index in [2.05, 4.69) is 51.6 Å². The average molecular weight is 330 g/mol. The molecule has 4 heteroatoms. The number of hydrogen-bond donors (Lipinski definition) is 2. The molecule has 20 heavy (non-hydrogen) atoms. The Morgan fingerprint density at radius 2 is 1.80 bits per heavy atom. The predicted molar refractivity (Wildman–Crippen MR) is 85.4 cm³/mol. The van der Waals surface area contributed by atoms with Gasteiger partial charge in [0.1, 0.15) is 6.07 Å². The maximum Gasteiger partial charge on any atom is 0.101 e. The Morgan fingerprint density at radius 1 is 1.10 bits per heavy atom. The van der Waals surface area contributed by atoms with Gasteiger partial charge in [0.05, 0.1) is 11.3 Å². The molecule has 3 nitrogen and oxygen atoms in total. The largest absolute Gasteiger partial charge is 0.380 e. The van der Waals surface area contributed by atoms with Crippen LogP contribution in [0.2, 0.25) is 0 Å². The minimum atomic E-state index is 0.638. The quantitative estimate of drug-likeness (QED) is 0.883. The highest BCUT2D eigenvalue weighted by Gasteiger charge is 2.02. The number of nitrogens with one attached hydrogen (secondary N) is 1. The van der Waals surface area contributed by atoms with Crippen molar-refractivity contribution in [2.24, 2.45) is 5.73 Å². The molecule has 0 radical (unpaired) electrons. The van der Waals surface area contributed by atoms with Crippen LogP contribution < -0.4 is 11.1 Å². The Bertz CT molecular complexity index is 615. The molecular weight excluding hydrogens is 314 g/mol. The molecule has 0 unspecified atom stereocenters. The first-order valence-electron chi connectivity index (χ1n) is 6.44. The monoisotopic (exact) mass is 329 g/mol. The average Bonchev–Trinajstić information content (AvgIpc) is 2.47. The van der Waals surface area contributed by atoms with Crippen LogP contribution in [0.5, 0.6) is 0 Å². The lowest BCUT2D eigenvalue weighted by atomic mass is 10.1. The number of rotatable bonds is 5. The summed E-state index contributed by atoms with van der Waals surface area (Å²) in [4.78, 5) is 0. The zero-order chi connectivity index (χ0) is 14.4. The molecule has 0 aliphatic rings. The molecule has 0 saturated carbocycles. The zero-order valence-corrected chi connectivity index (χ0v) is 12.7. The molecule has 0 spiro atoms. The van der Waals surface area contributed by atoms with Crippen LogP contribution in [0.15, 0.2) is 46.9 Å². The van der Waals surface area contributed by atoms with Crippen LogP contribution in [0.4, 0.5) is 5.69 Å². The van der Waals surface area contributed by atoms with Crippen LogP contribution in [0.25, 0.3) is 0 Å². The molecule has 2 aromatic carbocycles. The van der Waals surface area contributed by atoms with Crippen molar-refractivity contribution in [3.63, 3.8) is 0 Å². The second-order valence-electron chi connectivity index (χ2n) is 4.51. The molecule has 0 aliphatic carbocycles. The van der Waals surface area contributed by atoms with E-state index in [4.69, 9.17) is 11.0 Å². The number of nitriles is 1. The third-order valence-corrected chi connectivity index (χ3v) is 3.53. The van der Waals surface area contributed by atoms with Gasteiger partial charge in [-0.2, -0.15) is 5.26 Å². The predicted octanol–water partition coefficient (Wildman–Crippen LogP) is 3.43. The van der Waals surface area contributed by atoms with Crippen molar-refractivity contribution in [1.29, 1.82) is 5.26 Å². The van der Waals surface area contributed by atoms with Crippen LogP contribution in [0.1, 0.15) is 16.7 Å². The van der Waals surface area contributed by atoms with E-state index in [0.717, 1.165) is 16.6 Å². The molecule has 0 aliphatic heterocycles. The molecule has 0 atom stereocenters. The Hall–Kier alpha value is -1.83. The number of nitrogens with two attached hydrogens (primary N) is 1. The summed E-state index contributed by atoms with van der Waals surface area (Å²) in [5, 5.41) is 12.4. The maximum absolute atomic E-state index is 9.11. The minimum Gasteiger partial charge on any atom is -0.380 e. The summed E-state index contributed by atoms with van der Waals surface area (Å²) >= 11 is 3.37. The fraction of sp³-hybridized carbons (Fsp3) is 0.188. The standard InChI is InChI=1S/C16H16BrN3/c17-15-5-6-16(14(9-15)10-19)20-11-13-3-1-12(2-4-13)7-8-18/h1-6,9,20H,7-8,11,18H2. The second-order valence-corrected chi connectivity index (χ2v) is 5.43. The molecule has 0 amide bonds. The summed E-state index contributed by atoms with van der Waals surface area (Å²) in [5.41, 5.74) is 9.44. The van der Waals surface area contributed by atoms with E-state index in [1.165, 1.54) is 11.1 Å². The molecule has 0 fully saturated rings. The Morgan fingerprint density at radius 3 is 2.45 bits per heavy atom. The van der Waals surface area contributed by atoms with Crippen LogP contribution >= 0.6 is 15.9 Å². The number of nitrogens with zero attached hydrogens (tertiary/aromatic N) is 1. The van der Waals surface area contributed by atoms with Crippen molar-refractivity contribution >= 4 is 21.6 Å². The Balaban J connectivity index is 2.03. The number of anilines is 1. The lowest BCUT2D eigenvalue weighted by Gasteiger charge is -2.09. The molecule has 3 N–H and O–H groups in total. The molecule has 0 aromatic heterocycles. The van der Waals surface area contributed by atoms with Crippen LogP contribution in [-0.2, 0) is 13.0 Å². The molecule has 0 bridgehead atoms. The Kier molecular flexibility index (Phi) is 5.16. The van der Waals surface area contributed by atoms with E-state index in [-0.39, 0.29) is 0 Å². The number of benzene rings is 2. The number of halogens is 1. The molecule has 0 saturated heterocycles. The van der Waals surface area contributed by atoms with Gasteiger partial charge in [0.25, 0.3) is 0 Å². The fourth-order valence-corrected chi connectivity index (χ4v) is 2.31. The summed E-state index contributed by atoms with van der Waals surface area (Å²) in [6.45, 7) is 1.36. The second kappa shape index (κ2) is 7.09. The van der Waals surface area contributed by atoms with E-state index in [1.54, 1.807) is 0 Å². The summed E-state index contributed by atoms with van der Waals surface area (Å²) in [5.74, 6) is 0. The zero-order valence-electron chi connectivity index (χ0n) is 11.1. The Labute approximate surface area is 127 Å². The van der Waals surface area contributed by atoms with Gasteiger partial charge >= 0.3 is 0 Å². The van der Waals surface area contributed by atoms with Gasteiger partial charge in [-0.3, -0.25) is 0 Å². The maximum atomic E-state index is 9.11. The van der Waals surface area contributed by atoms with Gasteiger partial charge < -0.3 is 11.1 Å². The van der Waals surface area contributed by atoms with Crippen molar-refractivity contribution in [1.82, 2.24) is 0 Å². The van der Waals surface area contributed by atoms with Gasteiger partial charge in [-0.25, -0.2) is 0 Å². The molecular formula is C16H16BrN3. The van der Waals surface area contributed by atoms with Crippen molar-refractivity contribution in [2.45, 2.75) is 13.0 Å². The van der Waals surface area contributed by atoms with Crippen LogP contribution in [0, 0.1) is 11.3 Å². The molecule has 2 aromatic rings. The van der Waals surface area contributed by atoms with E-state index in [9.17, 15) is 0 Å². The van der Waals surface area contributed by atoms with Crippen molar-refractivity contribution in [3.05, 3.63) is 63.6 Å². The summed E-state index contributed by atoms with van der Waals surface area (Å²) in [6, 6.07) is 16.2. The van der Waals surface area contributed by atoms with E-state index in [1.807, 2.05) is 18.2 Å². The minimum absolute atomic E-state index is 0.638. The highest BCUT2D eigenvalue weighted by Crippen LogP contribution is 2.21. The molecule has 2 rings (SSSR count). The molecule has 102 valence electrons. The van der Waals surface area contributed by atoms with Gasteiger partial charge in [0.15, 0.2) is 0 Å². The summed E-state index contributed by atoms with van der Waals surface area (Å²) in [7, 11) is 0. The smallest absolute Gasteiger partial charge is 0.101 e. The number of hydrogen-bond acceptors (Lipinski definition) is 3. The SMILES string of the molecule is N#Cc1cc(Br)ccc1NCc1ccc(CCN)cc1. The van der Waals surface area contributed by atoms with Gasteiger partial charge in [-0.1, -0.05) is 40.2 Å². The van der Waals surface area contributed by atoms with Gasteiger partial charge in [-0.05, 0) is 42.3 Å². The van der Waals surface area contributed by atoms with E-state index >= 15 is 0 Å². The lowest BCUT2D eigenvalue weighted by Crippen LogP contribution is -2.04. The normalized spacial score (nSPS) is 10.1. The van der Waals surface area contributed by atoms with Gasteiger partial charge in [0, 0.05) is 11.0 Å². The summed E-state index contributed by atoms with van der Waals surface area (Å²) in [6.07, 6.45) is 0.902. The highest BCUT2D eigenvalue weighted by atomic mass is 79.9. The lowest BCUT2D eigenvalue weighted by molar-refractivity contribution is 0.966. The highest BCUT2D eigenvalue weighted by molar-refractivity contribution is 9.10. The van der Waals surface area contributed by atoms with E-state index < -0.39 is 0 Å². The first-order chi connectivity index (χ1) is 9.72. The first-order valence-corrected chi connectivity index (χ1v) is 7.23. The topological polar surface area (TPSA) is 61.8 Å². The van der Waals surface area contributed by atoms with Crippen LogP contribution in [-0.4, -0.2) is 6.54 Å². The fourth-order valence-electron chi connectivity index (χ4n) is 1.95. The van der Waals surface area contributed by atoms with E-state index in [0.29, 0.717) is 18.7 Å². The third kappa shape index (κ3) is 3.83. The third-order valence-electron chi connectivity index (χ3n) is 3.04. The van der Waals surface area contributed by atoms with Gasteiger partial charge in [-0.15, -0.1) is 0 Å². The van der Waals surface area contributed by atoms with Gasteiger partial charge in [0.2, 0.25) is 0 Å². The van der Waals surface area contributed by atoms with Crippen LogP contribution in [0.3, 0.4) is 0 Å². The van der Waals surface area contributed by atoms with Crippen molar-refractivity contribution in [2.75, 3.05) is 11.9 Å². The summed E-state index contributed by atoms with van der Waals surface area (Å²) < 4.78 is 0.908. The van der Waals surface area contributed by atoms with Crippen molar-refractivity contribution in [3.8, 4) is 6.07 Å². The van der Waals surface area contributed by atoms with Crippen molar-refractivity contribution < 1.29 is 0 Å². The molecule has 0 heterocycles. The first kappa shape index (κ1) is 14.6.